The second-order valence-electron chi connectivity index (χ2n) is 11.9. The monoisotopic (exact) mass is 611 g/mol. The molecule has 3 aliphatic rings. The lowest BCUT2D eigenvalue weighted by Gasteiger charge is -2.34. The maximum atomic E-state index is 13.5. The number of likely N-dealkylation sites (tertiary alicyclic amines) is 1. The fraction of sp³-hybridized carbons (Fsp3) is 0.424. The highest BCUT2D eigenvalue weighted by Crippen LogP contribution is 2.44. The lowest BCUT2D eigenvalue weighted by molar-refractivity contribution is -0.114. The maximum absolute atomic E-state index is 13.5. The first-order valence-electron chi connectivity index (χ1n) is 15.5. The summed E-state index contributed by atoms with van der Waals surface area (Å²) in [4.78, 5) is 37.9. The number of pyridine rings is 1. The van der Waals surface area contributed by atoms with Crippen LogP contribution in [0.1, 0.15) is 67.1 Å². The second-order valence-corrected chi connectivity index (χ2v) is 12.9. The third kappa shape index (κ3) is 5.50. The van der Waals surface area contributed by atoms with Crippen molar-refractivity contribution in [3.8, 4) is 33.3 Å². The first-order chi connectivity index (χ1) is 21.5. The molecule has 44 heavy (non-hydrogen) atoms. The summed E-state index contributed by atoms with van der Waals surface area (Å²) in [6.07, 6.45) is 12.0. The summed E-state index contributed by atoms with van der Waals surface area (Å²) < 4.78 is 7.69. The molecule has 0 unspecified atom stereocenters. The quantitative estimate of drug-likeness (QED) is 0.293. The molecule has 1 saturated heterocycles. The van der Waals surface area contributed by atoms with Crippen LogP contribution in [0.15, 0.2) is 42.7 Å². The number of carbonyl (C=O) groups is 2. The van der Waals surface area contributed by atoms with Crippen molar-refractivity contribution in [2.45, 2.75) is 70.4 Å². The Morgan fingerprint density at radius 3 is 2.61 bits per heavy atom. The third-order valence-electron chi connectivity index (χ3n) is 9.09. The molecule has 1 aliphatic heterocycles. The van der Waals surface area contributed by atoms with Crippen LogP contribution in [0.2, 0.25) is 0 Å². The predicted octanol–water partition coefficient (Wildman–Crippen LogP) is 5.26. The minimum atomic E-state index is -0.154. The van der Waals surface area contributed by atoms with Gasteiger partial charge >= 0.3 is 0 Å². The number of carbonyl (C=O) groups excluding carboxylic acids is 2. The van der Waals surface area contributed by atoms with Gasteiger partial charge in [0.1, 0.15) is 5.75 Å². The van der Waals surface area contributed by atoms with Crippen molar-refractivity contribution in [3.63, 3.8) is 0 Å². The number of rotatable bonds is 7. The number of benzene rings is 1. The van der Waals surface area contributed by atoms with Gasteiger partial charge in [0.25, 0.3) is 5.91 Å². The summed E-state index contributed by atoms with van der Waals surface area (Å²) in [5, 5.41) is 11.8. The van der Waals surface area contributed by atoms with Gasteiger partial charge in [-0.25, -0.2) is 9.67 Å². The first-order valence-corrected chi connectivity index (χ1v) is 16.3. The van der Waals surface area contributed by atoms with Crippen molar-refractivity contribution in [3.05, 3.63) is 59.5 Å². The molecule has 2 N–H and O–H groups in total. The lowest BCUT2D eigenvalue weighted by atomic mass is 9.90. The molecular formula is C33H37N7O3S. The molecule has 2 fully saturated rings. The van der Waals surface area contributed by atoms with E-state index in [9.17, 15) is 9.59 Å². The van der Waals surface area contributed by atoms with Crippen molar-refractivity contribution >= 4 is 28.3 Å². The number of anilines is 1. The van der Waals surface area contributed by atoms with Crippen LogP contribution < -0.4 is 15.4 Å². The molecule has 0 spiro atoms. The Kier molecular flexibility index (Phi) is 7.90. The van der Waals surface area contributed by atoms with Crippen LogP contribution in [0.3, 0.4) is 0 Å². The molecule has 0 bridgehead atoms. The van der Waals surface area contributed by atoms with Gasteiger partial charge in [0.05, 0.1) is 40.3 Å². The summed E-state index contributed by atoms with van der Waals surface area (Å²) in [7, 11) is 1.60. The van der Waals surface area contributed by atoms with E-state index in [0.717, 1.165) is 77.3 Å². The van der Waals surface area contributed by atoms with Crippen molar-refractivity contribution in [2.24, 2.45) is 0 Å². The SMILES string of the molecule is COc1cc(-n2nc(-c3cccnc3)c3c2-c2sc(NC(C)=O)nc2CC3)ccc1C(=O)NC1CCC(N2CCCC2)CC1. The minimum absolute atomic E-state index is 0.110. The van der Waals surface area contributed by atoms with E-state index in [2.05, 4.69) is 20.5 Å². The van der Waals surface area contributed by atoms with E-state index in [4.69, 9.17) is 14.8 Å². The van der Waals surface area contributed by atoms with Gasteiger partial charge in [0.15, 0.2) is 5.13 Å². The Labute approximate surface area is 260 Å². The van der Waals surface area contributed by atoms with Crippen LogP contribution in [-0.4, -0.2) is 68.7 Å². The summed E-state index contributed by atoms with van der Waals surface area (Å²) in [5.41, 5.74) is 6.06. The number of nitrogens with zero attached hydrogens (tertiary/aromatic N) is 5. The standard InChI is InChI=1S/C33H37N7O3S/c1-20(41)35-33-37-27-14-13-26-29(21-6-5-15-34-19-21)38-40(30(26)31(27)44-33)24-11-12-25(28(18-24)43-2)32(42)36-22-7-9-23(10-8-22)39-16-3-4-17-39/h5-6,11-12,15,18-19,22-23H,3-4,7-10,13-14,16-17H2,1-2H3,(H,36,42)(H,35,37,41). The molecule has 7 rings (SSSR count). The van der Waals surface area contributed by atoms with Crippen LogP contribution >= 0.6 is 11.3 Å². The number of methoxy groups -OCH3 is 1. The van der Waals surface area contributed by atoms with Crippen LogP contribution in [0, 0.1) is 0 Å². The van der Waals surface area contributed by atoms with Crippen LogP contribution in [0.25, 0.3) is 27.5 Å². The molecule has 0 atom stereocenters. The van der Waals surface area contributed by atoms with Gasteiger partial charge in [-0.05, 0) is 88.7 Å². The normalized spacial score (nSPS) is 19.7. The molecule has 2 aliphatic carbocycles. The van der Waals surface area contributed by atoms with Crippen molar-refractivity contribution in [1.29, 1.82) is 0 Å². The summed E-state index contributed by atoms with van der Waals surface area (Å²) in [5.74, 6) is 0.234. The van der Waals surface area contributed by atoms with Gasteiger partial charge < -0.3 is 20.3 Å². The van der Waals surface area contributed by atoms with Crippen molar-refractivity contribution in [1.82, 2.24) is 30.0 Å². The number of ether oxygens (including phenoxy) is 1. The predicted molar refractivity (Wildman–Crippen MR) is 170 cm³/mol. The maximum Gasteiger partial charge on any atom is 0.255 e. The third-order valence-corrected chi connectivity index (χ3v) is 10.1. The van der Waals surface area contributed by atoms with Crippen molar-refractivity contribution < 1.29 is 14.3 Å². The zero-order valence-corrected chi connectivity index (χ0v) is 26.0. The number of amides is 2. The van der Waals surface area contributed by atoms with E-state index >= 15 is 0 Å². The molecule has 228 valence electrons. The highest BCUT2D eigenvalue weighted by Gasteiger charge is 2.31. The number of aromatic nitrogens is 4. The molecule has 1 aromatic carbocycles. The Balaban J connectivity index is 1.19. The van der Waals surface area contributed by atoms with E-state index in [1.807, 2.05) is 41.2 Å². The number of thiazole rings is 1. The smallest absolute Gasteiger partial charge is 0.255 e. The summed E-state index contributed by atoms with van der Waals surface area (Å²) in [6, 6.07) is 10.4. The number of nitrogens with one attached hydrogen (secondary N) is 2. The fourth-order valence-electron chi connectivity index (χ4n) is 6.95. The molecule has 2 amide bonds. The van der Waals surface area contributed by atoms with E-state index in [1.54, 1.807) is 13.3 Å². The summed E-state index contributed by atoms with van der Waals surface area (Å²) in [6.45, 7) is 3.92. The zero-order valence-electron chi connectivity index (χ0n) is 25.1. The van der Waals surface area contributed by atoms with Crippen LogP contribution in [-0.2, 0) is 17.6 Å². The van der Waals surface area contributed by atoms with Gasteiger partial charge in [0.2, 0.25) is 5.91 Å². The molecule has 11 heteroatoms. The fourth-order valence-corrected chi connectivity index (χ4v) is 8.07. The Morgan fingerprint density at radius 2 is 1.89 bits per heavy atom. The minimum Gasteiger partial charge on any atom is -0.496 e. The molecular weight excluding hydrogens is 574 g/mol. The number of hydrogen-bond donors (Lipinski definition) is 2. The van der Waals surface area contributed by atoms with Crippen LogP contribution in [0.4, 0.5) is 5.13 Å². The number of fused-ring (bicyclic) bond motifs is 3. The summed E-state index contributed by atoms with van der Waals surface area (Å²) >= 11 is 1.45. The molecule has 1 saturated carbocycles. The average Bonchev–Trinajstić information content (AvgIpc) is 3.80. The van der Waals surface area contributed by atoms with Crippen LogP contribution in [0.5, 0.6) is 5.75 Å². The second kappa shape index (κ2) is 12.1. The molecule has 0 radical (unpaired) electrons. The number of aryl methyl sites for hydroxylation is 1. The molecule has 4 aromatic rings. The molecule has 10 nitrogen and oxygen atoms in total. The first kappa shape index (κ1) is 28.7. The van der Waals surface area contributed by atoms with E-state index in [1.165, 1.54) is 44.2 Å². The van der Waals surface area contributed by atoms with Gasteiger partial charge in [-0.15, -0.1) is 0 Å². The molecule has 4 heterocycles. The molecule has 3 aromatic heterocycles. The highest BCUT2D eigenvalue weighted by atomic mass is 32.1. The van der Waals surface area contributed by atoms with Gasteiger partial charge in [-0.1, -0.05) is 11.3 Å². The number of hydrogen-bond acceptors (Lipinski definition) is 8. The van der Waals surface area contributed by atoms with Crippen molar-refractivity contribution in [2.75, 3.05) is 25.5 Å². The Morgan fingerprint density at radius 1 is 1.07 bits per heavy atom. The average molecular weight is 612 g/mol. The topological polar surface area (TPSA) is 114 Å². The van der Waals surface area contributed by atoms with Gasteiger partial charge in [-0.3, -0.25) is 14.6 Å². The lowest BCUT2D eigenvalue weighted by Crippen LogP contribution is -2.43. The van der Waals surface area contributed by atoms with Gasteiger partial charge in [-0.2, -0.15) is 5.10 Å². The van der Waals surface area contributed by atoms with E-state index in [0.29, 0.717) is 22.5 Å². The zero-order chi connectivity index (χ0) is 30.2. The largest absolute Gasteiger partial charge is 0.496 e. The van der Waals surface area contributed by atoms with E-state index < -0.39 is 0 Å². The Bertz CT molecular complexity index is 1680. The Hall–Kier alpha value is -4.09. The highest BCUT2D eigenvalue weighted by molar-refractivity contribution is 7.19. The van der Waals surface area contributed by atoms with Gasteiger partial charge in [0, 0.05) is 48.6 Å². The van der Waals surface area contributed by atoms with E-state index in [-0.39, 0.29) is 17.9 Å².